The van der Waals surface area contributed by atoms with Crippen LogP contribution in [-0.4, -0.2) is 41.0 Å². The second-order valence-electron chi connectivity index (χ2n) is 9.50. The molecule has 6 N–H and O–H groups in total. The van der Waals surface area contributed by atoms with Gasteiger partial charge in [0.2, 0.25) is 18.2 Å². The van der Waals surface area contributed by atoms with Crippen LogP contribution in [-0.2, 0) is 27.2 Å². The fraction of sp³-hybridized carbons (Fsp3) is 0.250. The van der Waals surface area contributed by atoms with E-state index >= 15 is 0 Å². The van der Waals surface area contributed by atoms with Crippen molar-refractivity contribution in [1.29, 1.82) is 0 Å². The van der Waals surface area contributed by atoms with Crippen LogP contribution in [0.4, 0.5) is 0 Å². The van der Waals surface area contributed by atoms with E-state index < -0.39 is 29.6 Å². The average Bonchev–Trinajstić information content (AvgIpc) is 3.26. The maximum Gasteiger partial charge on any atom is 0.244 e. The number of hydrogen-bond donors (Lipinski definition) is 5. The Morgan fingerprint density at radius 1 is 0.917 bits per heavy atom. The van der Waals surface area contributed by atoms with Gasteiger partial charge in [0.05, 0.1) is 5.54 Å². The van der Waals surface area contributed by atoms with Gasteiger partial charge in [-0.15, -0.1) is 0 Å². The summed E-state index contributed by atoms with van der Waals surface area (Å²) in [6.45, 7) is 3.17. The lowest BCUT2D eigenvalue weighted by Crippen LogP contribution is -2.59. The molecule has 0 saturated carbocycles. The molecule has 0 aliphatic heterocycles. The van der Waals surface area contributed by atoms with Gasteiger partial charge in [-0.25, -0.2) is 0 Å². The van der Waals surface area contributed by atoms with Gasteiger partial charge in [0.1, 0.15) is 12.2 Å². The second-order valence-corrected chi connectivity index (χ2v) is 9.50. The van der Waals surface area contributed by atoms with Crippen molar-refractivity contribution in [2.24, 2.45) is 5.73 Å². The van der Waals surface area contributed by atoms with Crippen LogP contribution in [0.2, 0.25) is 0 Å². The Morgan fingerprint density at radius 2 is 1.61 bits per heavy atom. The molecule has 2 atom stereocenters. The summed E-state index contributed by atoms with van der Waals surface area (Å²) < 4.78 is 0. The highest BCUT2D eigenvalue weighted by atomic mass is 16.2. The zero-order valence-electron chi connectivity index (χ0n) is 20.4. The van der Waals surface area contributed by atoms with E-state index in [0.29, 0.717) is 12.8 Å². The molecule has 0 saturated heterocycles. The minimum absolute atomic E-state index is 0.250. The van der Waals surface area contributed by atoms with Crippen molar-refractivity contribution >= 4 is 39.9 Å². The third-order valence-electron chi connectivity index (χ3n) is 6.20. The first-order valence-electron chi connectivity index (χ1n) is 11.9. The Balaban J connectivity index is 1.58. The summed E-state index contributed by atoms with van der Waals surface area (Å²) >= 11 is 0. The molecule has 0 spiro atoms. The number of carbonyl (C=O) groups excluding carboxylic acids is 3. The van der Waals surface area contributed by atoms with E-state index in [2.05, 4.69) is 20.9 Å². The zero-order valence-corrected chi connectivity index (χ0v) is 20.4. The minimum atomic E-state index is -1.16. The monoisotopic (exact) mass is 485 g/mol. The molecule has 4 aromatic rings. The third-order valence-corrected chi connectivity index (χ3v) is 6.20. The van der Waals surface area contributed by atoms with E-state index in [0.717, 1.165) is 32.8 Å². The van der Waals surface area contributed by atoms with Gasteiger partial charge in [0, 0.05) is 29.9 Å². The summed E-state index contributed by atoms with van der Waals surface area (Å²) in [7, 11) is 0. The lowest BCUT2D eigenvalue weighted by Gasteiger charge is -2.26. The average molecular weight is 486 g/mol. The minimum Gasteiger partial charge on any atom is -0.361 e. The third kappa shape index (κ3) is 5.72. The van der Waals surface area contributed by atoms with E-state index in [1.165, 1.54) is 0 Å². The van der Waals surface area contributed by atoms with E-state index in [-0.39, 0.29) is 6.42 Å². The van der Waals surface area contributed by atoms with Crippen molar-refractivity contribution in [1.82, 2.24) is 20.9 Å². The molecule has 0 fully saturated rings. The topological polar surface area (TPSA) is 129 Å². The molecule has 8 nitrogen and oxygen atoms in total. The number of hydrogen-bond acceptors (Lipinski definition) is 4. The molecular formula is C28H31N5O3. The van der Waals surface area contributed by atoms with Gasteiger partial charge >= 0.3 is 0 Å². The van der Waals surface area contributed by atoms with Crippen LogP contribution in [0.25, 0.3) is 21.7 Å². The molecule has 186 valence electrons. The van der Waals surface area contributed by atoms with Gasteiger partial charge in [-0.3, -0.25) is 14.4 Å². The first kappa shape index (κ1) is 24.9. The maximum atomic E-state index is 13.5. The zero-order chi connectivity index (χ0) is 25.7. The number of fused-ring (bicyclic) bond motifs is 2. The number of benzene rings is 3. The number of H-pyrrole nitrogens is 1. The number of amides is 3. The predicted molar refractivity (Wildman–Crippen MR) is 141 cm³/mol. The van der Waals surface area contributed by atoms with Crippen LogP contribution >= 0.6 is 0 Å². The molecule has 4 rings (SSSR count). The lowest BCUT2D eigenvalue weighted by atomic mass is 10.00. The summed E-state index contributed by atoms with van der Waals surface area (Å²) in [5.74, 6) is -0.867. The quantitative estimate of drug-likeness (QED) is 0.175. The van der Waals surface area contributed by atoms with E-state index in [4.69, 9.17) is 5.73 Å². The first-order valence-corrected chi connectivity index (χ1v) is 11.9. The summed E-state index contributed by atoms with van der Waals surface area (Å²) in [6.07, 6.45) is 2.35. The highest BCUT2D eigenvalue weighted by Crippen LogP contribution is 2.21. The molecule has 0 radical (unpaired) electrons. The molecule has 1 aromatic heterocycles. The van der Waals surface area contributed by atoms with Gasteiger partial charge in [-0.1, -0.05) is 60.7 Å². The van der Waals surface area contributed by atoms with E-state index in [1.54, 1.807) is 13.8 Å². The van der Waals surface area contributed by atoms with Crippen molar-refractivity contribution in [2.75, 3.05) is 0 Å². The Bertz CT molecular complexity index is 1380. The highest BCUT2D eigenvalue weighted by molar-refractivity contribution is 5.93. The van der Waals surface area contributed by atoms with E-state index in [9.17, 15) is 14.4 Å². The number of aromatic amines is 1. The van der Waals surface area contributed by atoms with E-state index in [1.807, 2.05) is 72.9 Å². The second kappa shape index (κ2) is 10.6. The lowest BCUT2D eigenvalue weighted by molar-refractivity contribution is -0.131. The summed E-state index contributed by atoms with van der Waals surface area (Å²) in [5, 5.41) is 11.5. The van der Waals surface area contributed by atoms with Crippen LogP contribution in [0.3, 0.4) is 0 Å². The first-order chi connectivity index (χ1) is 17.3. The Hall–Kier alpha value is -4.17. The summed E-state index contributed by atoms with van der Waals surface area (Å²) in [6, 6.07) is 20.7. The summed E-state index contributed by atoms with van der Waals surface area (Å²) in [5.41, 5.74) is 7.62. The van der Waals surface area contributed by atoms with Crippen molar-refractivity contribution in [3.63, 3.8) is 0 Å². The van der Waals surface area contributed by atoms with Crippen LogP contribution in [0.15, 0.2) is 72.9 Å². The molecule has 3 amide bonds. The van der Waals surface area contributed by atoms with Gasteiger partial charge in [0.15, 0.2) is 0 Å². The number of nitrogens with one attached hydrogen (secondary N) is 4. The number of aromatic nitrogens is 1. The normalized spacial score (nSPS) is 13.2. The predicted octanol–water partition coefficient (Wildman–Crippen LogP) is 2.52. The standard InChI is InChI=1S/C28H31N5O3/c1-28(2,29)27(36)32-24(14-20-16-30-23-13-6-5-12-22(20)23)26(35)33-25(31-17-34)15-19-10-7-9-18-8-3-4-11-21(18)19/h3-13,16-17,24-25,30H,14-15,29H2,1-2H3,(H,31,34)(H,32,36)(H,33,35)/t24-,25-/m1/s1. The Morgan fingerprint density at radius 3 is 2.36 bits per heavy atom. The molecule has 0 aliphatic carbocycles. The fourth-order valence-corrected chi connectivity index (χ4v) is 4.27. The van der Waals surface area contributed by atoms with Crippen molar-refractivity contribution in [3.8, 4) is 0 Å². The van der Waals surface area contributed by atoms with Crippen LogP contribution in [0.1, 0.15) is 25.0 Å². The Labute approximate surface area is 209 Å². The molecule has 0 aliphatic rings. The van der Waals surface area contributed by atoms with Gasteiger partial charge in [-0.2, -0.15) is 0 Å². The number of nitrogens with two attached hydrogens (primary N) is 1. The molecular weight excluding hydrogens is 454 g/mol. The molecule has 0 bridgehead atoms. The summed E-state index contributed by atoms with van der Waals surface area (Å²) in [4.78, 5) is 40.8. The van der Waals surface area contributed by atoms with Crippen molar-refractivity contribution < 1.29 is 14.4 Å². The number of para-hydroxylation sites is 1. The van der Waals surface area contributed by atoms with Crippen molar-refractivity contribution in [2.45, 2.75) is 44.4 Å². The molecule has 3 aromatic carbocycles. The molecule has 8 heteroatoms. The number of carbonyl (C=O) groups is 3. The van der Waals surface area contributed by atoms with Crippen molar-refractivity contribution in [3.05, 3.63) is 84.1 Å². The number of rotatable bonds is 10. The smallest absolute Gasteiger partial charge is 0.244 e. The SMILES string of the molecule is CC(C)(N)C(=O)N[C@H](Cc1c[nH]c2ccccc12)C(=O)N[C@H](Cc1cccc2ccccc12)NC=O. The van der Waals surface area contributed by atoms with Crippen LogP contribution < -0.4 is 21.7 Å². The highest BCUT2D eigenvalue weighted by Gasteiger charge is 2.30. The Kier molecular flexibility index (Phi) is 7.36. The van der Waals surface area contributed by atoms with Crippen LogP contribution in [0.5, 0.6) is 0 Å². The largest absolute Gasteiger partial charge is 0.361 e. The maximum absolute atomic E-state index is 13.5. The fourth-order valence-electron chi connectivity index (χ4n) is 4.27. The van der Waals surface area contributed by atoms with Gasteiger partial charge in [-0.05, 0) is 41.8 Å². The van der Waals surface area contributed by atoms with Gasteiger partial charge < -0.3 is 26.7 Å². The molecule has 1 heterocycles. The molecule has 36 heavy (non-hydrogen) atoms. The van der Waals surface area contributed by atoms with Gasteiger partial charge in [0.25, 0.3) is 0 Å². The molecule has 0 unspecified atom stereocenters. The van der Waals surface area contributed by atoms with Crippen LogP contribution in [0, 0.1) is 0 Å².